The molecule has 0 saturated heterocycles. The molecule has 0 fully saturated rings. The topological polar surface area (TPSA) is 46.4 Å². The van der Waals surface area contributed by atoms with Crippen molar-refractivity contribution in [2.24, 2.45) is 0 Å². The molecule has 0 spiro atoms. The molecule has 1 aliphatic rings. The minimum atomic E-state index is -0.312. The lowest BCUT2D eigenvalue weighted by molar-refractivity contribution is -0.384. The standard InChI is InChI=1S/C9H9BrN2O2/c1-6-2-3-7-4-5-11(10)9(7)8(6)12(13)14/h2-3H,4-5H2,1H3. The Hall–Kier alpha value is -1.10. The van der Waals surface area contributed by atoms with Gasteiger partial charge in [-0.05, 0) is 18.9 Å². The van der Waals surface area contributed by atoms with Crippen LogP contribution in [0.5, 0.6) is 0 Å². The summed E-state index contributed by atoms with van der Waals surface area (Å²) in [5, 5.41) is 10.9. The number of hydrogen-bond acceptors (Lipinski definition) is 3. The van der Waals surface area contributed by atoms with Gasteiger partial charge in [0.05, 0.1) is 4.92 Å². The number of fused-ring (bicyclic) bond motifs is 1. The third kappa shape index (κ3) is 1.28. The summed E-state index contributed by atoms with van der Waals surface area (Å²) < 4.78 is 1.77. The normalized spacial score (nSPS) is 14.3. The fourth-order valence-electron chi connectivity index (χ4n) is 1.76. The molecule has 14 heavy (non-hydrogen) atoms. The van der Waals surface area contributed by atoms with Gasteiger partial charge in [-0.2, -0.15) is 0 Å². The van der Waals surface area contributed by atoms with E-state index >= 15 is 0 Å². The SMILES string of the molecule is Cc1ccc2c(c1[N+](=O)[O-])N(Br)CC2. The smallest absolute Gasteiger partial charge is 0.296 e. The minimum absolute atomic E-state index is 0.219. The number of hydrogen-bond donors (Lipinski definition) is 0. The molecule has 74 valence electrons. The van der Waals surface area contributed by atoms with Gasteiger partial charge in [-0.15, -0.1) is 0 Å². The molecule has 2 rings (SSSR count). The largest absolute Gasteiger partial charge is 0.302 e. The molecule has 0 aliphatic carbocycles. The predicted octanol–water partition coefficient (Wildman–Crippen LogP) is 2.58. The van der Waals surface area contributed by atoms with Crippen molar-refractivity contribution in [2.75, 3.05) is 10.5 Å². The van der Waals surface area contributed by atoms with Crippen molar-refractivity contribution in [3.05, 3.63) is 33.4 Å². The number of anilines is 1. The summed E-state index contributed by atoms with van der Waals surface area (Å²) in [6, 6.07) is 3.77. The maximum Gasteiger partial charge on any atom is 0.296 e. The first-order valence-corrected chi connectivity index (χ1v) is 5.02. The van der Waals surface area contributed by atoms with Crippen molar-refractivity contribution in [3.63, 3.8) is 0 Å². The van der Waals surface area contributed by atoms with Crippen LogP contribution in [0.1, 0.15) is 11.1 Å². The lowest BCUT2D eigenvalue weighted by atomic mass is 10.1. The fourth-order valence-corrected chi connectivity index (χ4v) is 2.33. The van der Waals surface area contributed by atoms with E-state index in [1.165, 1.54) is 0 Å². The molecule has 1 aromatic carbocycles. The zero-order chi connectivity index (χ0) is 10.3. The maximum absolute atomic E-state index is 10.9. The van der Waals surface area contributed by atoms with Crippen LogP contribution < -0.4 is 3.93 Å². The second kappa shape index (κ2) is 3.24. The molecule has 0 bridgehead atoms. The van der Waals surface area contributed by atoms with Crippen molar-refractivity contribution in [1.29, 1.82) is 0 Å². The van der Waals surface area contributed by atoms with Gasteiger partial charge in [-0.25, -0.2) is 0 Å². The van der Waals surface area contributed by atoms with Crippen LogP contribution >= 0.6 is 16.1 Å². The van der Waals surface area contributed by atoms with E-state index in [1.807, 2.05) is 12.1 Å². The molecule has 0 amide bonds. The highest BCUT2D eigenvalue weighted by molar-refractivity contribution is 9.10. The van der Waals surface area contributed by atoms with E-state index in [4.69, 9.17) is 0 Å². The molecule has 1 heterocycles. The molecule has 0 unspecified atom stereocenters. The van der Waals surface area contributed by atoms with Gasteiger partial charge in [0.2, 0.25) is 0 Å². The summed E-state index contributed by atoms with van der Waals surface area (Å²) in [6.45, 7) is 2.55. The van der Waals surface area contributed by atoms with E-state index in [2.05, 4.69) is 16.1 Å². The monoisotopic (exact) mass is 256 g/mol. The van der Waals surface area contributed by atoms with Crippen LogP contribution in [0.15, 0.2) is 12.1 Å². The number of benzene rings is 1. The number of rotatable bonds is 1. The van der Waals surface area contributed by atoms with Crippen LogP contribution in [0.4, 0.5) is 11.4 Å². The maximum atomic E-state index is 10.9. The second-order valence-corrected chi connectivity index (χ2v) is 4.19. The highest BCUT2D eigenvalue weighted by atomic mass is 79.9. The Morgan fingerprint density at radius 2 is 2.29 bits per heavy atom. The van der Waals surface area contributed by atoms with Gasteiger partial charge in [-0.3, -0.25) is 10.1 Å². The molecule has 1 aliphatic heterocycles. The zero-order valence-electron chi connectivity index (χ0n) is 7.66. The Kier molecular flexibility index (Phi) is 2.19. The molecule has 0 N–H and O–H groups in total. The number of aryl methyl sites for hydroxylation is 1. The Labute approximate surface area is 90.0 Å². The number of nitrogens with zero attached hydrogens (tertiary/aromatic N) is 2. The van der Waals surface area contributed by atoms with E-state index in [1.54, 1.807) is 10.8 Å². The molecule has 0 aromatic heterocycles. The average molecular weight is 257 g/mol. The number of halogens is 1. The van der Waals surface area contributed by atoms with Crippen LogP contribution in [-0.4, -0.2) is 11.5 Å². The highest BCUT2D eigenvalue weighted by Crippen LogP contribution is 2.40. The minimum Gasteiger partial charge on any atom is -0.302 e. The van der Waals surface area contributed by atoms with Gasteiger partial charge >= 0.3 is 0 Å². The summed E-state index contributed by atoms with van der Waals surface area (Å²) in [6.07, 6.45) is 0.863. The summed E-state index contributed by atoms with van der Waals surface area (Å²) in [5.41, 5.74) is 2.69. The van der Waals surface area contributed by atoms with Crippen LogP contribution in [0.25, 0.3) is 0 Å². The summed E-state index contributed by atoms with van der Waals surface area (Å²) in [7, 11) is 0. The van der Waals surface area contributed by atoms with Gasteiger partial charge in [0, 0.05) is 28.3 Å². The third-order valence-electron chi connectivity index (χ3n) is 2.44. The van der Waals surface area contributed by atoms with E-state index < -0.39 is 0 Å². The molecule has 1 aromatic rings. The van der Waals surface area contributed by atoms with Gasteiger partial charge in [-0.1, -0.05) is 12.1 Å². The van der Waals surface area contributed by atoms with Crippen molar-refractivity contribution >= 4 is 27.5 Å². The van der Waals surface area contributed by atoms with Crippen LogP contribution in [0.3, 0.4) is 0 Å². The molecule has 0 radical (unpaired) electrons. The first-order valence-electron chi connectivity index (χ1n) is 4.31. The van der Waals surface area contributed by atoms with E-state index in [-0.39, 0.29) is 10.6 Å². The zero-order valence-corrected chi connectivity index (χ0v) is 9.24. The van der Waals surface area contributed by atoms with Gasteiger partial charge in [0.15, 0.2) is 0 Å². The highest BCUT2D eigenvalue weighted by Gasteiger charge is 2.28. The molecule has 0 saturated carbocycles. The van der Waals surface area contributed by atoms with Gasteiger partial charge in [0.25, 0.3) is 5.69 Å². The first kappa shape index (κ1) is 9.45. The Morgan fingerprint density at radius 1 is 1.57 bits per heavy atom. The van der Waals surface area contributed by atoms with Crippen molar-refractivity contribution < 1.29 is 4.92 Å². The quantitative estimate of drug-likeness (QED) is 0.441. The Balaban J connectivity index is 2.68. The molecule has 5 heteroatoms. The second-order valence-electron chi connectivity index (χ2n) is 3.33. The van der Waals surface area contributed by atoms with Gasteiger partial charge in [0.1, 0.15) is 5.69 Å². The molecular weight excluding hydrogens is 248 g/mol. The average Bonchev–Trinajstić information content (AvgIpc) is 2.47. The van der Waals surface area contributed by atoms with Crippen LogP contribution in [-0.2, 0) is 6.42 Å². The van der Waals surface area contributed by atoms with E-state index in [0.29, 0.717) is 5.56 Å². The molecular formula is C9H9BrN2O2. The van der Waals surface area contributed by atoms with Crippen LogP contribution in [0.2, 0.25) is 0 Å². The fraction of sp³-hybridized carbons (Fsp3) is 0.333. The third-order valence-corrected chi connectivity index (χ3v) is 3.15. The molecule has 4 nitrogen and oxygen atoms in total. The van der Waals surface area contributed by atoms with E-state index in [0.717, 1.165) is 24.2 Å². The van der Waals surface area contributed by atoms with Crippen molar-refractivity contribution in [2.45, 2.75) is 13.3 Å². The van der Waals surface area contributed by atoms with Crippen molar-refractivity contribution in [1.82, 2.24) is 0 Å². The number of nitro groups is 1. The summed E-state index contributed by atoms with van der Waals surface area (Å²) >= 11 is 3.32. The summed E-state index contributed by atoms with van der Waals surface area (Å²) in [5.74, 6) is 0. The Morgan fingerprint density at radius 3 is 2.93 bits per heavy atom. The van der Waals surface area contributed by atoms with Crippen LogP contribution in [0, 0.1) is 17.0 Å². The van der Waals surface area contributed by atoms with Gasteiger partial charge < -0.3 is 3.93 Å². The van der Waals surface area contributed by atoms with Crippen molar-refractivity contribution in [3.8, 4) is 0 Å². The summed E-state index contributed by atoms with van der Waals surface area (Å²) in [4.78, 5) is 10.6. The lowest BCUT2D eigenvalue weighted by Gasteiger charge is -2.10. The predicted molar refractivity (Wildman–Crippen MR) is 57.8 cm³/mol. The molecule has 0 atom stereocenters. The Bertz CT molecular complexity index is 406. The first-order chi connectivity index (χ1) is 6.61. The van der Waals surface area contributed by atoms with E-state index in [9.17, 15) is 10.1 Å². The number of nitro benzene ring substituents is 1. The lowest BCUT2D eigenvalue weighted by Crippen LogP contribution is -2.06.